The van der Waals surface area contributed by atoms with E-state index in [4.69, 9.17) is 4.74 Å². The number of nitrogens with zero attached hydrogens (tertiary/aromatic N) is 3. The van der Waals surface area contributed by atoms with Gasteiger partial charge >= 0.3 is 0 Å². The van der Waals surface area contributed by atoms with Crippen molar-refractivity contribution in [1.29, 1.82) is 0 Å². The highest BCUT2D eigenvalue weighted by Gasteiger charge is 2.07. The molecule has 0 fully saturated rings. The first kappa shape index (κ1) is 14.5. The predicted molar refractivity (Wildman–Crippen MR) is 75.9 cm³/mol. The van der Waals surface area contributed by atoms with Gasteiger partial charge in [0.25, 0.3) is 5.56 Å². The summed E-state index contributed by atoms with van der Waals surface area (Å²) < 4.78 is 5.05. The Balaban J connectivity index is 2.27. The second-order valence-corrected chi connectivity index (χ2v) is 4.82. The number of aromatic nitrogens is 4. The van der Waals surface area contributed by atoms with Crippen LogP contribution in [0.1, 0.15) is 12.7 Å². The smallest absolute Gasteiger partial charge is 0.251 e. The molecule has 106 valence electrons. The molecule has 0 amide bonds. The second-order valence-electron chi connectivity index (χ2n) is 3.81. The molecule has 0 spiro atoms. The number of methoxy groups -OCH3 is 1. The Hall–Kier alpha value is -1.93. The van der Waals surface area contributed by atoms with E-state index in [-0.39, 0.29) is 5.56 Å². The maximum Gasteiger partial charge on any atom is 0.251 e. The quantitative estimate of drug-likeness (QED) is 0.612. The monoisotopic (exact) mass is 293 g/mol. The molecule has 0 bridgehead atoms. The van der Waals surface area contributed by atoms with Gasteiger partial charge in [-0.15, -0.1) is 0 Å². The van der Waals surface area contributed by atoms with E-state index in [9.17, 15) is 4.79 Å². The third kappa shape index (κ3) is 4.04. The Morgan fingerprint density at radius 2 is 2.30 bits per heavy atom. The van der Waals surface area contributed by atoms with E-state index < -0.39 is 0 Å². The Kier molecular flexibility index (Phi) is 5.08. The van der Waals surface area contributed by atoms with Gasteiger partial charge in [0.1, 0.15) is 17.5 Å². The molecule has 2 aromatic rings. The highest BCUT2D eigenvalue weighted by Crippen LogP contribution is 2.23. The van der Waals surface area contributed by atoms with Crippen LogP contribution in [0.5, 0.6) is 0 Å². The van der Waals surface area contributed by atoms with E-state index in [0.29, 0.717) is 22.6 Å². The summed E-state index contributed by atoms with van der Waals surface area (Å²) in [6.45, 7) is 3.07. The van der Waals surface area contributed by atoms with Crippen molar-refractivity contribution >= 4 is 17.6 Å². The van der Waals surface area contributed by atoms with Gasteiger partial charge in [-0.3, -0.25) is 4.79 Å². The van der Waals surface area contributed by atoms with Gasteiger partial charge in [0, 0.05) is 32.0 Å². The first-order valence-corrected chi connectivity index (χ1v) is 6.87. The molecular formula is C12H15N5O2S. The molecule has 0 aromatic carbocycles. The van der Waals surface area contributed by atoms with Crippen LogP contribution in [0.15, 0.2) is 33.3 Å². The van der Waals surface area contributed by atoms with Gasteiger partial charge in [-0.25, -0.2) is 15.0 Å². The number of aromatic amines is 1. The van der Waals surface area contributed by atoms with Crippen molar-refractivity contribution in [2.75, 3.05) is 19.0 Å². The SMILES string of the molecule is CCNc1cc(Sc2nccc(=O)[nH]2)nc(COC)n1. The molecular weight excluding hydrogens is 278 g/mol. The molecule has 0 radical (unpaired) electrons. The molecule has 0 aliphatic carbocycles. The highest BCUT2D eigenvalue weighted by molar-refractivity contribution is 7.99. The molecule has 0 aliphatic heterocycles. The number of H-pyrrole nitrogens is 1. The van der Waals surface area contributed by atoms with E-state index in [0.717, 1.165) is 12.4 Å². The van der Waals surface area contributed by atoms with E-state index >= 15 is 0 Å². The fourth-order valence-electron chi connectivity index (χ4n) is 1.49. The van der Waals surface area contributed by atoms with Gasteiger partial charge in [-0.05, 0) is 18.7 Å². The summed E-state index contributed by atoms with van der Waals surface area (Å²) >= 11 is 1.27. The summed E-state index contributed by atoms with van der Waals surface area (Å²) in [5.74, 6) is 1.29. The molecule has 7 nitrogen and oxygen atoms in total. The van der Waals surface area contributed by atoms with E-state index in [1.807, 2.05) is 6.92 Å². The van der Waals surface area contributed by atoms with Crippen LogP contribution in [-0.2, 0) is 11.3 Å². The number of ether oxygens (including phenoxy) is 1. The van der Waals surface area contributed by atoms with Crippen LogP contribution in [0.3, 0.4) is 0 Å². The summed E-state index contributed by atoms with van der Waals surface area (Å²) in [5, 5.41) is 4.31. The summed E-state index contributed by atoms with van der Waals surface area (Å²) in [4.78, 5) is 26.6. The molecule has 8 heteroatoms. The van der Waals surface area contributed by atoms with Crippen molar-refractivity contribution in [3.63, 3.8) is 0 Å². The molecule has 0 saturated heterocycles. The third-order valence-corrected chi connectivity index (χ3v) is 3.05. The van der Waals surface area contributed by atoms with Crippen molar-refractivity contribution in [2.24, 2.45) is 0 Å². The van der Waals surface area contributed by atoms with Crippen LogP contribution >= 0.6 is 11.8 Å². The minimum Gasteiger partial charge on any atom is -0.377 e. The summed E-state index contributed by atoms with van der Waals surface area (Å²) in [6.07, 6.45) is 1.46. The van der Waals surface area contributed by atoms with Crippen LogP contribution < -0.4 is 10.9 Å². The highest BCUT2D eigenvalue weighted by atomic mass is 32.2. The standard InChI is InChI=1S/C12H15N5O2S/c1-3-13-8-6-11(16-9(15-8)7-19-2)20-12-14-5-4-10(18)17-12/h4-6H,3,7H2,1-2H3,(H,13,15,16)(H,14,17,18). The van der Waals surface area contributed by atoms with Crippen molar-refractivity contribution < 1.29 is 4.74 Å². The van der Waals surface area contributed by atoms with Gasteiger partial charge < -0.3 is 15.0 Å². The van der Waals surface area contributed by atoms with Crippen LogP contribution in [-0.4, -0.2) is 33.6 Å². The molecule has 2 heterocycles. The third-order valence-electron chi connectivity index (χ3n) is 2.23. The topological polar surface area (TPSA) is 92.8 Å². The molecule has 0 aliphatic rings. The number of rotatable bonds is 6. The lowest BCUT2D eigenvalue weighted by atomic mass is 10.5. The molecule has 0 atom stereocenters. The van der Waals surface area contributed by atoms with Crippen molar-refractivity contribution in [3.05, 3.63) is 34.5 Å². The van der Waals surface area contributed by atoms with Crippen molar-refractivity contribution in [2.45, 2.75) is 23.7 Å². The molecule has 2 N–H and O–H groups in total. The van der Waals surface area contributed by atoms with Crippen LogP contribution in [0, 0.1) is 0 Å². The molecule has 2 aromatic heterocycles. The Morgan fingerprint density at radius 3 is 3.00 bits per heavy atom. The maximum absolute atomic E-state index is 11.2. The lowest BCUT2D eigenvalue weighted by Crippen LogP contribution is -2.07. The zero-order valence-electron chi connectivity index (χ0n) is 11.2. The van der Waals surface area contributed by atoms with Crippen molar-refractivity contribution in [1.82, 2.24) is 19.9 Å². The average molecular weight is 293 g/mol. The summed E-state index contributed by atoms with van der Waals surface area (Å²) in [5.41, 5.74) is -0.194. The number of nitrogens with one attached hydrogen (secondary N) is 2. The molecule has 0 saturated carbocycles. The first-order chi connectivity index (χ1) is 9.71. The lowest BCUT2D eigenvalue weighted by molar-refractivity contribution is 0.177. The van der Waals surface area contributed by atoms with Crippen LogP contribution in [0.2, 0.25) is 0 Å². The first-order valence-electron chi connectivity index (χ1n) is 6.05. The van der Waals surface area contributed by atoms with Crippen LogP contribution in [0.25, 0.3) is 0 Å². The van der Waals surface area contributed by atoms with Gasteiger partial charge in [0.2, 0.25) is 0 Å². The Morgan fingerprint density at radius 1 is 1.45 bits per heavy atom. The lowest BCUT2D eigenvalue weighted by Gasteiger charge is -2.07. The van der Waals surface area contributed by atoms with Gasteiger partial charge in [0.05, 0.1) is 0 Å². The Bertz CT molecular complexity index is 607. The van der Waals surface area contributed by atoms with E-state index in [1.54, 1.807) is 13.2 Å². The Labute approximate surface area is 120 Å². The van der Waals surface area contributed by atoms with Gasteiger partial charge in [-0.2, -0.15) is 0 Å². The maximum atomic E-state index is 11.2. The largest absolute Gasteiger partial charge is 0.377 e. The average Bonchev–Trinajstić information content (AvgIpc) is 2.39. The van der Waals surface area contributed by atoms with E-state index in [2.05, 4.69) is 25.3 Å². The van der Waals surface area contributed by atoms with Gasteiger partial charge in [-0.1, -0.05) is 0 Å². The number of hydrogen-bond acceptors (Lipinski definition) is 7. The molecule has 20 heavy (non-hydrogen) atoms. The fraction of sp³-hybridized carbons (Fsp3) is 0.333. The second kappa shape index (κ2) is 7.01. The fourth-order valence-corrected chi connectivity index (χ4v) is 2.28. The summed E-state index contributed by atoms with van der Waals surface area (Å²) in [6, 6.07) is 3.17. The minimum atomic E-state index is -0.194. The molecule has 0 unspecified atom stereocenters. The van der Waals surface area contributed by atoms with Crippen LogP contribution in [0.4, 0.5) is 5.82 Å². The normalized spacial score (nSPS) is 10.5. The minimum absolute atomic E-state index is 0.194. The number of hydrogen-bond donors (Lipinski definition) is 2. The summed E-state index contributed by atoms with van der Waals surface area (Å²) in [7, 11) is 1.59. The van der Waals surface area contributed by atoms with Crippen molar-refractivity contribution in [3.8, 4) is 0 Å². The van der Waals surface area contributed by atoms with E-state index in [1.165, 1.54) is 24.0 Å². The predicted octanol–water partition coefficient (Wildman–Crippen LogP) is 1.29. The molecule has 2 rings (SSSR count). The number of anilines is 1. The van der Waals surface area contributed by atoms with Gasteiger partial charge in [0.15, 0.2) is 11.0 Å². The zero-order valence-corrected chi connectivity index (χ0v) is 12.0. The zero-order chi connectivity index (χ0) is 14.4.